The second kappa shape index (κ2) is 10.3. The maximum atomic E-state index is 10.8. The van der Waals surface area contributed by atoms with Crippen molar-refractivity contribution in [1.82, 2.24) is 4.90 Å². The molecule has 1 saturated heterocycles. The molecule has 29 heavy (non-hydrogen) atoms. The molecule has 0 bridgehead atoms. The van der Waals surface area contributed by atoms with Gasteiger partial charge in [0.25, 0.3) is 0 Å². The molecular weight excluding hydrogens is 413 g/mol. The van der Waals surface area contributed by atoms with E-state index < -0.39 is 5.97 Å². The molecule has 1 atom stereocenters. The second-order valence-corrected chi connectivity index (χ2v) is 7.87. The summed E-state index contributed by atoms with van der Waals surface area (Å²) in [4.78, 5) is 12.9. The van der Waals surface area contributed by atoms with Gasteiger partial charge in [0.15, 0.2) is 0 Å². The van der Waals surface area contributed by atoms with Crippen molar-refractivity contribution >= 4 is 29.2 Å². The minimum Gasteiger partial charge on any atom is -0.489 e. The molecule has 0 saturated carbocycles. The number of morpholine rings is 1. The minimum absolute atomic E-state index is 0.0722. The predicted octanol–water partition coefficient (Wildman–Crippen LogP) is 4.98. The molecule has 1 heterocycles. The highest BCUT2D eigenvalue weighted by Gasteiger charge is 2.22. The Morgan fingerprint density at radius 3 is 2.55 bits per heavy atom. The molecule has 1 aliphatic heterocycles. The van der Waals surface area contributed by atoms with Crippen LogP contribution < -0.4 is 4.74 Å². The summed E-state index contributed by atoms with van der Waals surface area (Å²) in [7, 11) is 0. The number of halogens is 2. The average molecular weight is 438 g/mol. The first-order valence-electron chi connectivity index (χ1n) is 9.71. The van der Waals surface area contributed by atoms with E-state index in [1.807, 2.05) is 36.4 Å². The number of carboxylic acids is 1. The summed E-state index contributed by atoms with van der Waals surface area (Å²) < 4.78 is 11.7. The Bertz CT molecular complexity index is 818. The van der Waals surface area contributed by atoms with E-state index in [0.717, 1.165) is 35.4 Å². The summed E-state index contributed by atoms with van der Waals surface area (Å²) in [6, 6.07) is 11.6. The van der Waals surface area contributed by atoms with E-state index in [1.165, 1.54) is 0 Å². The van der Waals surface area contributed by atoms with Crippen molar-refractivity contribution in [3.8, 4) is 5.75 Å². The summed E-state index contributed by atoms with van der Waals surface area (Å²) in [5.41, 5.74) is 2.91. The first kappa shape index (κ1) is 21.9. The van der Waals surface area contributed by atoms with E-state index in [0.29, 0.717) is 36.3 Å². The largest absolute Gasteiger partial charge is 0.489 e. The van der Waals surface area contributed by atoms with Crippen LogP contribution in [0.25, 0.3) is 0 Å². The topological polar surface area (TPSA) is 59.0 Å². The number of ether oxygens (including phenoxy) is 2. The Morgan fingerprint density at radius 1 is 1.24 bits per heavy atom. The lowest BCUT2D eigenvalue weighted by atomic mass is 10.1. The molecule has 1 aliphatic rings. The molecule has 0 radical (unpaired) electrons. The number of rotatable bonds is 8. The van der Waals surface area contributed by atoms with Crippen LogP contribution in [0.2, 0.25) is 10.0 Å². The third-order valence-corrected chi connectivity index (χ3v) is 5.71. The number of nitrogens with zero attached hydrogens (tertiary/aromatic N) is 1. The Morgan fingerprint density at radius 2 is 1.93 bits per heavy atom. The fourth-order valence-corrected chi connectivity index (χ4v) is 3.93. The molecule has 1 N–H and O–H groups in total. The lowest BCUT2D eigenvalue weighted by molar-refractivity contribution is -0.137. The molecule has 0 amide bonds. The maximum Gasteiger partial charge on any atom is 0.304 e. The zero-order valence-electron chi connectivity index (χ0n) is 16.4. The number of hydrogen-bond donors (Lipinski definition) is 1. The van der Waals surface area contributed by atoms with Gasteiger partial charge in [0.1, 0.15) is 12.4 Å². The normalized spacial score (nSPS) is 17.3. The highest BCUT2D eigenvalue weighted by atomic mass is 35.5. The Hall–Kier alpha value is -1.79. The second-order valence-electron chi connectivity index (χ2n) is 7.05. The molecule has 1 unspecified atom stereocenters. The van der Waals surface area contributed by atoms with E-state index in [2.05, 4.69) is 11.8 Å². The van der Waals surface area contributed by atoms with Gasteiger partial charge >= 0.3 is 5.97 Å². The quantitative estimate of drug-likeness (QED) is 0.630. The van der Waals surface area contributed by atoms with Gasteiger partial charge in [0.2, 0.25) is 0 Å². The lowest BCUT2D eigenvalue weighted by Gasteiger charge is -2.32. The molecule has 2 aromatic carbocycles. The van der Waals surface area contributed by atoms with Crippen molar-refractivity contribution in [3.05, 3.63) is 63.1 Å². The van der Waals surface area contributed by atoms with Gasteiger partial charge in [-0.25, -0.2) is 0 Å². The van der Waals surface area contributed by atoms with Gasteiger partial charge in [-0.3, -0.25) is 9.69 Å². The fourth-order valence-electron chi connectivity index (χ4n) is 3.29. The zero-order valence-corrected chi connectivity index (χ0v) is 17.9. The molecule has 5 nitrogen and oxygen atoms in total. The average Bonchev–Trinajstić information content (AvgIpc) is 2.72. The SMILES string of the molecule is CCc1cc(Cl)c(COc2ccc(C3CN(CCC(=O)O)CCO3)cc2)c(Cl)c1. The van der Waals surface area contributed by atoms with Gasteiger partial charge in [-0.2, -0.15) is 0 Å². The molecule has 3 rings (SSSR count). The highest BCUT2D eigenvalue weighted by Crippen LogP contribution is 2.29. The standard InChI is InChI=1S/C22H25Cl2NO4/c1-2-15-11-19(23)18(20(24)12-15)14-29-17-5-3-16(4-6-17)21-13-25(9-10-28-21)8-7-22(26)27/h3-6,11-12,21H,2,7-10,13-14H2,1H3,(H,26,27). The number of benzene rings is 2. The zero-order chi connectivity index (χ0) is 20.8. The Balaban J connectivity index is 1.58. The summed E-state index contributed by atoms with van der Waals surface area (Å²) in [6.45, 7) is 4.92. The molecule has 7 heteroatoms. The number of carbonyl (C=O) groups is 1. The molecular formula is C22H25Cl2NO4. The van der Waals surface area contributed by atoms with Crippen LogP contribution in [0.15, 0.2) is 36.4 Å². The van der Waals surface area contributed by atoms with Crippen LogP contribution in [-0.2, 0) is 22.6 Å². The summed E-state index contributed by atoms with van der Waals surface area (Å²) in [6.07, 6.45) is 0.945. The van der Waals surface area contributed by atoms with E-state index in [4.69, 9.17) is 37.8 Å². The molecule has 156 valence electrons. The van der Waals surface area contributed by atoms with Crippen molar-refractivity contribution in [2.24, 2.45) is 0 Å². The van der Waals surface area contributed by atoms with Crippen molar-refractivity contribution in [3.63, 3.8) is 0 Å². The van der Waals surface area contributed by atoms with Crippen LogP contribution in [0, 0.1) is 0 Å². The third-order valence-electron chi connectivity index (χ3n) is 5.04. The van der Waals surface area contributed by atoms with Crippen molar-refractivity contribution in [2.75, 3.05) is 26.2 Å². The monoisotopic (exact) mass is 437 g/mol. The van der Waals surface area contributed by atoms with Gasteiger partial charge in [0, 0.05) is 35.2 Å². The van der Waals surface area contributed by atoms with Crippen molar-refractivity contribution in [1.29, 1.82) is 0 Å². The predicted molar refractivity (Wildman–Crippen MR) is 114 cm³/mol. The Kier molecular flexibility index (Phi) is 7.78. The highest BCUT2D eigenvalue weighted by molar-refractivity contribution is 6.36. The van der Waals surface area contributed by atoms with Crippen LogP contribution in [0.3, 0.4) is 0 Å². The van der Waals surface area contributed by atoms with Crippen LogP contribution >= 0.6 is 23.2 Å². The van der Waals surface area contributed by atoms with E-state index in [1.54, 1.807) is 0 Å². The molecule has 1 fully saturated rings. The lowest BCUT2D eigenvalue weighted by Crippen LogP contribution is -2.39. The first-order chi connectivity index (χ1) is 14.0. The van der Waals surface area contributed by atoms with E-state index in [9.17, 15) is 4.79 Å². The summed E-state index contributed by atoms with van der Waals surface area (Å²) in [5, 5.41) is 10.1. The molecule has 0 spiro atoms. The van der Waals surface area contributed by atoms with Gasteiger partial charge in [0.05, 0.1) is 19.1 Å². The number of aryl methyl sites for hydroxylation is 1. The minimum atomic E-state index is -0.779. The van der Waals surface area contributed by atoms with Crippen LogP contribution in [0.5, 0.6) is 5.75 Å². The fraction of sp³-hybridized carbons (Fsp3) is 0.409. The van der Waals surface area contributed by atoms with E-state index >= 15 is 0 Å². The van der Waals surface area contributed by atoms with E-state index in [-0.39, 0.29) is 12.5 Å². The molecule has 0 aromatic heterocycles. The first-order valence-corrected chi connectivity index (χ1v) is 10.5. The third kappa shape index (κ3) is 6.09. The Labute approximate surface area is 181 Å². The van der Waals surface area contributed by atoms with Gasteiger partial charge in [-0.05, 0) is 41.8 Å². The smallest absolute Gasteiger partial charge is 0.304 e. The number of carboxylic acid groups (broad SMARTS) is 1. The maximum absolute atomic E-state index is 10.8. The summed E-state index contributed by atoms with van der Waals surface area (Å²) in [5.74, 6) is -0.0573. The molecule has 2 aromatic rings. The van der Waals surface area contributed by atoms with Gasteiger partial charge in [-0.15, -0.1) is 0 Å². The molecule has 0 aliphatic carbocycles. The van der Waals surface area contributed by atoms with Gasteiger partial charge in [-0.1, -0.05) is 42.3 Å². The van der Waals surface area contributed by atoms with Gasteiger partial charge < -0.3 is 14.6 Å². The van der Waals surface area contributed by atoms with Crippen LogP contribution in [0.4, 0.5) is 0 Å². The number of hydrogen-bond acceptors (Lipinski definition) is 4. The van der Waals surface area contributed by atoms with Crippen LogP contribution in [0.1, 0.15) is 36.1 Å². The van der Waals surface area contributed by atoms with Crippen molar-refractivity contribution < 1.29 is 19.4 Å². The van der Waals surface area contributed by atoms with Crippen molar-refractivity contribution in [2.45, 2.75) is 32.5 Å². The van der Waals surface area contributed by atoms with Crippen LogP contribution in [-0.4, -0.2) is 42.2 Å². The number of aliphatic carboxylic acids is 1. The summed E-state index contributed by atoms with van der Waals surface area (Å²) >= 11 is 12.7.